The largest absolute Gasteiger partial charge is 0.478 e. The molecule has 0 radical (unpaired) electrons. The number of rotatable bonds is 6. The topological polar surface area (TPSA) is 72.3 Å². The fourth-order valence-electron chi connectivity index (χ4n) is 3.10. The Morgan fingerprint density at radius 3 is 2.29 bits per heavy atom. The molecule has 0 aliphatic heterocycles. The molecule has 4 rings (SSSR count). The maximum Gasteiger partial charge on any atom is 0.416 e. The summed E-state index contributed by atoms with van der Waals surface area (Å²) < 4.78 is 45.0. The van der Waals surface area contributed by atoms with Crippen molar-refractivity contribution in [3.8, 4) is 16.3 Å². The van der Waals surface area contributed by atoms with Crippen LogP contribution in [0.2, 0.25) is 0 Å². The molecule has 0 aliphatic rings. The number of ether oxygens (including phenoxy) is 1. The Morgan fingerprint density at radius 1 is 1.03 bits per heavy atom. The van der Waals surface area contributed by atoms with E-state index in [1.54, 1.807) is 12.1 Å². The minimum atomic E-state index is -4.38. The van der Waals surface area contributed by atoms with Crippen LogP contribution < -0.4 is 4.74 Å². The van der Waals surface area contributed by atoms with Gasteiger partial charge in [-0.1, -0.05) is 32.0 Å². The summed E-state index contributed by atoms with van der Waals surface area (Å²) in [5, 5.41) is 10.8. The molecular formula is C25H25F3N2O3S2. The fourth-order valence-corrected chi connectivity index (χ4v) is 5.29. The summed E-state index contributed by atoms with van der Waals surface area (Å²) in [5.41, 5.74) is 0.0384. The van der Waals surface area contributed by atoms with Crippen molar-refractivity contribution >= 4 is 38.9 Å². The first-order valence-electron chi connectivity index (χ1n) is 10.9. The monoisotopic (exact) mass is 522 g/mol. The van der Waals surface area contributed by atoms with Gasteiger partial charge in [-0.05, 0) is 45.0 Å². The van der Waals surface area contributed by atoms with E-state index < -0.39 is 23.3 Å². The summed E-state index contributed by atoms with van der Waals surface area (Å²) in [4.78, 5) is 21.6. The Hall–Kier alpha value is -2.98. The van der Waals surface area contributed by atoms with Crippen molar-refractivity contribution in [2.24, 2.45) is 0 Å². The second-order valence-electron chi connectivity index (χ2n) is 7.91. The van der Waals surface area contributed by atoms with Crippen molar-refractivity contribution in [3.05, 3.63) is 63.6 Å². The summed E-state index contributed by atoms with van der Waals surface area (Å²) in [6, 6.07) is 10.3. The van der Waals surface area contributed by atoms with Gasteiger partial charge in [0, 0.05) is 16.9 Å². The van der Waals surface area contributed by atoms with Crippen LogP contribution in [0.4, 0.5) is 13.2 Å². The minimum Gasteiger partial charge on any atom is -0.478 e. The first-order chi connectivity index (χ1) is 16.4. The van der Waals surface area contributed by atoms with E-state index in [2.05, 4.69) is 9.97 Å². The van der Waals surface area contributed by atoms with Gasteiger partial charge in [-0.2, -0.15) is 13.2 Å². The van der Waals surface area contributed by atoms with Crippen LogP contribution in [-0.4, -0.2) is 26.6 Å². The lowest BCUT2D eigenvalue weighted by atomic mass is 10.1. The average Bonchev–Trinajstić information content (AvgIpc) is 3.38. The molecule has 10 heteroatoms. The number of hydrogen-bond acceptors (Lipinski definition) is 6. The van der Waals surface area contributed by atoms with Crippen molar-refractivity contribution in [1.82, 2.24) is 9.97 Å². The van der Waals surface area contributed by atoms with Crippen molar-refractivity contribution in [1.29, 1.82) is 0 Å². The fraction of sp³-hybridized carbons (Fsp3) is 0.320. The number of aryl methyl sites for hydroxylation is 1. The number of hydrogen-bond donors (Lipinski definition) is 1. The van der Waals surface area contributed by atoms with E-state index in [1.165, 1.54) is 48.7 Å². The van der Waals surface area contributed by atoms with Gasteiger partial charge in [0.1, 0.15) is 10.8 Å². The first-order valence-corrected chi connectivity index (χ1v) is 12.5. The summed E-state index contributed by atoms with van der Waals surface area (Å²) in [7, 11) is 0. The maximum absolute atomic E-state index is 12.8. The Morgan fingerprint density at radius 2 is 1.69 bits per heavy atom. The molecule has 2 aromatic heterocycles. The van der Waals surface area contributed by atoms with Gasteiger partial charge >= 0.3 is 12.1 Å². The van der Waals surface area contributed by atoms with E-state index in [9.17, 15) is 23.1 Å². The Labute approximate surface area is 209 Å². The van der Waals surface area contributed by atoms with Gasteiger partial charge in [-0.15, -0.1) is 22.7 Å². The quantitative estimate of drug-likeness (QED) is 0.282. The number of nitrogens with zero attached hydrogens (tertiary/aromatic N) is 2. The van der Waals surface area contributed by atoms with Gasteiger partial charge in [0.2, 0.25) is 0 Å². The van der Waals surface area contributed by atoms with Gasteiger partial charge in [0.15, 0.2) is 5.60 Å². The number of benzene rings is 2. The highest BCUT2D eigenvalue weighted by Crippen LogP contribution is 2.37. The Kier molecular flexibility index (Phi) is 7.86. The molecule has 0 spiro atoms. The van der Waals surface area contributed by atoms with E-state index in [0.717, 1.165) is 32.4 Å². The average molecular weight is 523 g/mol. The van der Waals surface area contributed by atoms with Crippen molar-refractivity contribution in [2.75, 3.05) is 0 Å². The number of aromatic nitrogens is 2. The van der Waals surface area contributed by atoms with Crippen molar-refractivity contribution < 1.29 is 27.8 Å². The number of halogens is 3. The second-order valence-corrected chi connectivity index (χ2v) is 10.1. The normalized spacial score (nSPS) is 11.8. The standard InChI is InChI=1S/C23H19F3N2O3S2.C2H6/c1-12-17(32-20(27-12)13-7-9-14(10-8-13)23(24,25)26)11-18-28-15-5-4-6-16(19(15)33-18)31-22(2,3)21(29)30;1-2/h4-10H,11H2,1-3H3,(H,29,30);1-2H3. The lowest BCUT2D eigenvalue weighted by Gasteiger charge is -2.21. The zero-order chi connectivity index (χ0) is 26.0. The van der Waals surface area contributed by atoms with E-state index in [4.69, 9.17) is 4.74 Å². The van der Waals surface area contributed by atoms with Gasteiger partial charge in [0.25, 0.3) is 0 Å². The van der Waals surface area contributed by atoms with Crippen LogP contribution in [0.15, 0.2) is 42.5 Å². The molecule has 0 bridgehead atoms. The molecule has 5 nitrogen and oxygen atoms in total. The molecule has 4 aromatic rings. The summed E-state index contributed by atoms with van der Waals surface area (Å²) in [6.45, 7) is 8.83. The molecule has 0 atom stereocenters. The Balaban J connectivity index is 0.00000167. The first kappa shape index (κ1) is 26.6. The molecule has 0 saturated carbocycles. The molecule has 0 fully saturated rings. The molecule has 0 aliphatic carbocycles. The van der Waals surface area contributed by atoms with Crippen LogP contribution in [-0.2, 0) is 17.4 Å². The van der Waals surface area contributed by atoms with Crippen LogP contribution in [0, 0.1) is 6.92 Å². The van der Waals surface area contributed by atoms with Crippen LogP contribution in [0.1, 0.15) is 48.8 Å². The molecule has 35 heavy (non-hydrogen) atoms. The predicted octanol–water partition coefficient (Wildman–Crippen LogP) is 7.61. The van der Waals surface area contributed by atoms with E-state index in [0.29, 0.717) is 28.3 Å². The van der Waals surface area contributed by atoms with E-state index in [1.807, 2.05) is 26.8 Å². The zero-order valence-electron chi connectivity index (χ0n) is 19.9. The summed E-state index contributed by atoms with van der Waals surface area (Å²) in [5.74, 6) is -0.615. The van der Waals surface area contributed by atoms with Gasteiger partial charge in [-0.3, -0.25) is 0 Å². The third kappa shape index (κ3) is 5.99. The van der Waals surface area contributed by atoms with Crippen LogP contribution >= 0.6 is 22.7 Å². The van der Waals surface area contributed by atoms with Crippen LogP contribution in [0.5, 0.6) is 5.75 Å². The van der Waals surface area contributed by atoms with Crippen LogP contribution in [0.25, 0.3) is 20.8 Å². The van der Waals surface area contributed by atoms with Gasteiger partial charge in [0.05, 0.1) is 26.5 Å². The summed E-state index contributed by atoms with van der Waals surface area (Å²) >= 11 is 2.83. The van der Waals surface area contributed by atoms with Crippen molar-refractivity contribution in [2.45, 2.75) is 52.8 Å². The molecule has 2 aromatic carbocycles. The minimum absolute atomic E-state index is 0.454. The molecular weight excluding hydrogens is 497 g/mol. The highest BCUT2D eigenvalue weighted by atomic mass is 32.1. The highest BCUT2D eigenvalue weighted by Gasteiger charge is 2.31. The summed E-state index contributed by atoms with van der Waals surface area (Å²) in [6.07, 6.45) is -3.87. The number of alkyl halides is 3. The number of carboxylic acids is 1. The van der Waals surface area contributed by atoms with Gasteiger partial charge in [-0.25, -0.2) is 14.8 Å². The number of thiazole rings is 2. The van der Waals surface area contributed by atoms with Gasteiger partial charge < -0.3 is 9.84 Å². The predicted molar refractivity (Wildman–Crippen MR) is 133 cm³/mol. The lowest BCUT2D eigenvalue weighted by Crippen LogP contribution is -2.37. The maximum atomic E-state index is 12.8. The number of fused-ring (bicyclic) bond motifs is 1. The highest BCUT2D eigenvalue weighted by molar-refractivity contribution is 7.19. The van der Waals surface area contributed by atoms with Crippen molar-refractivity contribution in [3.63, 3.8) is 0 Å². The lowest BCUT2D eigenvalue weighted by molar-refractivity contribution is -0.152. The third-order valence-electron chi connectivity index (χ3n) is 4.97. The molecule has 1 N–H and O–H groups in total. The SMILES string of the molecule is CC.Cc1nc(-c2ccc(C(F)(F)F)cc2)sc1Cc1nc2cccc(OC(C)(C)C(=O)O)c2s1. The molecule has 2 heterocycles. The molecule has 0 saturated heterocycles. The van der Waals surface area contributed by atoms with E-state index in [-0.39, 0.29) is 0 Å². The number of carboxylic acid groups (broad SMARTS) is 1. The Bertz CT molecular complexity index is 1330. The smallest absolute Gasteiger partial charge is 0.416 e. The molecule has 0 unspecified atom stereocenters. The van der Waals surface area contributed by atoms with E-state index >= 15 is 0 Å². The number of carbonyl (C=O) groups is 1. The third-order valence-corrected chi connectivity index (χ3v) is 7.26. The molecule has 186 valence electrons. The number of aliphatic carboxylic acids is 1. The second kappa shape index (κ2) is 10.3. The molecule has 0 amide bonds. The zero-order valence-corrected chi connectivity index (χ0v) is 21.5. The van der Waals surface area contributed by atoms with Crippen LogP contribution in [0.3, 0.4) is 0 Å².